The monoisotopic (exact) mass is 330 g/mol. The highest BCUT2D eigenvalue weighted by atomic mass is 19.5. The van der Waals surface area contributed by atoms with Crippen LogP contribution in [0.2, 0.25) is 0 Å². The van der Waals surface area contributed by atoms with Crippen LogP contribution in [-0.4, -0.2) is 57.0 Å². The number of aromatic nitrogens is 2. The van der Waals surface area contributed by atoms with E-state index in [0.717, 1.165) is 4.57 Å². The number of aliphatic hydroxyl groups is 3. The third-order valence-electron chi connectivity index (χ3n) is 2.64. The topological polar surface area (TPSA) is 131 Å². The molecule has 1 fully saturated rings. The molecule has 13 heteroatoms. The molecule has 0 saturated carbocycles. The average molecular weight is 330 g/mol. The molecule has 1 aliphatic heterocycles. The molecule has 4 atom stereocenters. The molecule has 1 aromatic rings. The number of rotatable bonds is 2. The van der Waals surface area contributed by atoms with Crippen LogP contribution in [0.15, 0.2) is 17.1 Å². The third kappa shape index (κ3) is 4.94. The smallest absolute Gasteiger partial charge is 0.418 e. The number of aliphatic hydroxyl groups excluding tert-OH is 3. The number of nitrogens with zero attached hydrogens (tertiary/aromatic N) is 2. The van der Waals surface area contributed by atoms with Crippen molar-refractivity contribution in [1.29, 1.82) is 0 Å². The lowest BCUT2D eigenvalue weighted by Crippen LogP contribution is -2.36. The Balaban J connectivity index is 0.000000422. The van der Waals surface area contributed by atoms with Crippen molar-refractivity contribution in [3.8, 4) is 0 Å². The predicted molar refractivity (Wildman–Crippen MR) is 66.1 cm³/mol. The van der Waals surface area contributed by atoms with Crippen LogP contribution in [-0.2, 0) is 4.74 Å². The summed E-state index contributed by atoms with van der Waals surface area (Å²) in [6.45, 7) is -0.453. The van der Waals surface area contributed by atoms with Crippen LogP contribution in [0.1, 0.15) is 6.23 Å². The van der Waals surface area contributed by atoms with Gasteiger partial charge in [-0.2, -0.15) is 4.98 Å². The summed E-state index contributed by atoms with van der Waals surface area (Å²) in [6.07, 6.45) is -3.27. The number of ether oxygens (including phenoxy) is 1. The first-order chi connectivity index (χ1) is 10.0. The first-order valence-corrected chi connectivity index (χ1v) is 5.89. The minimum Gasteiger partial charge on any atom is -0.418 e. The summed E-state index contributed by atoms with van der Waals surface area (Å²) in [5, 5.41) is 28.2. The van der Waals surface area contributed by atoms with Crippen molar-refractivity contribution < 1.29 is 37.3 Å². The second kappa shape index (κ2) is 7.04. The fourth-order valence-corrected chi connectivity index (χ4v) is 1.73. The summed E-state index contributed by atoms with van der Waals surface area (Å²) in [5.74, 6) is 0.0537. The van der Waals surface area contributed by atoms with E-state index in [-0.39, 0.29) is 5.82 Å². The van der Waals surface area contributed by atoms with Crippen LogP contribution < -0.4 is 11.4 Å². The van der Waals surface area contributed by atoms with E-state index >= 15 is 0 Å². The minimum absolute atomic E-state index is 0.0537. The van der Waals surface area contributed by atoms with Gasteiger partial charge in [-0.3, -0.25) is 4.57 Å². The Hall–Kier alpha value is -1.70. The lowest BCUT2D eigenvalue weighted by Gasteiger charge is -2.16. The Morgan fingerprint density at radius 2 is 1.86 bits per heavy atom. The Labute approximate surface area is 120 Å². The van der Waals surface area contributed by atoms with E-state index in [4.69, 9.17) is 15.6 Å². The Kier molecular flexibility index (Phi) is 5.88. The van der Waals surface area contributed by atoms with E-state index < -0.39 is 44.1 Å². The molecule has 0 aliphatic carbocycles. The van der Waals surface area contributed by atoms with Crippen LogP contribution >= 0.6 is 0 Å². The molecule has 0 aromatic carbocycles. The molecule has 0 unspecified atom stereocenters. The molecule has 1 aliphatic rings. The van der Waals surface area contributed by atoms with Gasteiger partial charge in [0.05, 0.1) is 6.61 Å². The molecule has 126 valence electrons. The highest BCUT2D eigenvalue weighted by Crippen LogP contribution is 2.27. The van der Waals surface area contributed by atoms with Gasteiger partial charge in [-0.15, -0.1) is 0 Å². The maximum absolute atomic E-state index is 11.5. The number of halogens is 4. The highest BCUT2D eigenvalue weighted by molar-refractivity contribution is 6.50. The van der Waals surface area contributed by atoms with Gasteiger partial charge >= 0.3 is 12.9 Å². The summed E-state index contributed by atoms with van der Waals surface area (Å²) < 4.78 is 45.2. The fourth-order valence-electron chi connectivity index (χ4n) is 1.73. The van der Waals surface area contributed by atoms with E-state index in [1.165, 1.54) is 12.3 Å². The molecule has 1 saturated heterocycles. The summed E-state index contributed by atoms with van der Waals surface area (Å²) in [6, 6.07) is 1.37. The number of hydrogen-bond acceptors (Lipinski definition) is 7. The van der Waals surface area contributed by atoms with Gasteiger partial charge in [0.25, 0.3) is 0 Å². The number of nitrogens with two attached hydrogens (primary N) is 1. The maximum atomic E-state index is 11.5. The van der Waals surface area contributed by atoms with Crippen molar-refractivity contribution in [3.05, 3.63) is 22.7 Å². The molecule has 8 nitrogen and oxygen atoms in total. The second-order valence-corrected chi connectivity index (χ2v) is 4.27. The van der Waals surface area contributed by atoms with Gasteiger partial charge in [0.1, 0.15) is 24.1 Å². The average Bonchev–Trinajstić information content (AvgIpc) is 2.64. The summed E-state index contributed by atoms with van der Waals surface area (Å²) in [7, 11) is -6.00. The molecule has 0 amide bonds. The quantitative estimate of drug-likeness (QED) is 0.393. The zero-order chi connectivity index (χ0) is 17.1. The predicted octanol–water partition coefficient (Wildman–Crippen LogP) is -1.26. The van der Waals surface area contributed by atoms with E-state index in [2.05, 4.69) is 4.98 Å². The Morgan fingerprint density at radius 1 is 1.32 bits per heavy atom. The van der Waals surface area contributed by atoms with Crippen molar-refractivity contribution in [2.75, 3.05) is 12.3 Å². The molecule has 0 spiro atoms. The molecular formula is C9H13BF4N3O5-. The lowest BCUT2D eigenvalue weighted by molar-refractivity contribution is -0.0549. The first-order valence-electron chi connectivity index (χ1n) is 5.89. The van der Waals surface area contributed by atoms with Crippen LogP contribution in [0.25, 0.3) is 0 Å². The fraction of sp³-hybridized carbons (Fsp3) is 0.556. The molecule has 2 heterocycles. The second-order valence-electron chi connectivity index (χ2n) is 4.27. The van der Waals surface area contributed by atoms with Gasteiger partial charge in [0.15, 0.2) is 6.23 Å². The van der Waals surface area contributed by atoms with Crippen molar-refractivity contribution in [3.63, 3.8) is 0 Å². The van der Waals surface area contributed by atoms with Gasteiger partial charge in [-0.1, -0.05) is 0 Å². The van der Waals surface area contributed by atoms with Gasteiger partial charge in [0.2, 0.25) is 0 Å². The highest BCUT2D eigenvalue weighted by Gasteiger charge is 2.43. The summed E-state index contributed by atoms with van der Waals surface area (Å²) >= 11 is 0. The third-order valence-corrected chi connectivity index (χ3v) is 2.64. The SMILES string of the molecule is F[B-](F)(F)F.Nc1ccn([C@@H]2O[C@H](CO)[C@@H](O)[C@H]2O)c(=O)n1. The molecule has 0 radical (unpaired) electrons. The van der Waals surface area contributed by atoms with E-state index in [9.17, 15) is 32.3 Å². The zero-order valence-corrected chi connectivity index (χ0v) is 10.9. The van der Waals surface area contributed by atoms with E-state index in [0.29, 0.717) is 0 Å². The standard InChI is InChI=1S/C9H13N3O5.BF4/c10-5-1-2-12(9(16)11-5)8-7(15)6(14)4(3-13)17-8;2-1(3,4)5/h1-2,4,6-8,13-15H,3H2,(H2,10,11,16);/q;-1/t4-,6-,7-,8-;/m1./s1. The van der Waals surface area contributed by atoms with Gasteiger partial charge in [-0.25, -0.2) is 4.79 Å². The van der Waals surface area contributed by atoms with E-state index in [1.807, 2.05) is 0 Å². The first kappa shape index (κ1) is 18.4. The van der Waals surface area contributed by atoms with Crippen LogP contribution in [0.3, 0.4) is 0 Å². The molecule has 0 bridgehead atoms. The summed E-state index contributed by atoms with van der Waals surface area (Å²) in [4.78, 5) is 15.0. The van der Waals surface area contributed by atoms with Gasteiger partial charge < -0.3 is 43.1 Å². The molecular weight excluding hydrogens is 317 g/mol. The van der Waals surface area contributed by atoms with E-state index in [1.54, 1.807) is 0 Å². The molecule has 2 rings (SSSR count). The van der Waals surface area contributed by atoms with Crippen LogP contribution in [0, 0.1) is 0 Å². The molecule has 5 N–H and O–H groups in total. The maximum Gasteiger partial charge on any atom is 0.673 e. The number of anilines is 1. The zero-order valence-electron chi connectivity index (χ0n) is 10.9. The van der Waals surface area contributed by atoms with Crippen molar-refractivity contribution in [1.82, 2.24) is 9.55 Å². The summed E-state index contributed by atoms with van der Waals surface area (Å²) in [5.41, 5.74) is 4.63. The van der Waals surface area contributed by atoms with Gasteiger partial charge in [-0.05, 0) is 6.07 Å². The molecule has 1 aromatic heterocycles. The normalized spacial score (nSPS) is 28.1. The number of nitrogen functional groups attached to an aromatic ring is 1. The van der Waals surface area contributed by atoms with Gasteiger partial charge in [0, 0.05) is 6.20 Å². The Bertz CT molecular complexity index is 551. The van der Waals surface area contributed by atoms with Crippen molar-refractivity contribution >= 4 is 13.1 Å². The largest absolute Gasteiger partial charge is 0.673 e. The lowest BCUT2D eigenvalue weighted by atomic mass is 10.1. The Morgan fingerprint density at radius 3 is 2.27 bits per heavy atom. The number of hydrogen-bond donors (Lipinski definition) is 4. The minimum atomic E-state index is -6.00. The molecule has 22 heavy (non-hydrogen) atoms. The van der Waals surface area contributed by atoms with Crippen molar-refractivity contribution in [2.45, 2.75) is 24.5 Å². The van der Waals surface area contributed by atoms with Crippen LogP contribution in [0.4, 0.5) is 23.1 Å². The van der Waals surface area contributed by atoms with Crippen molar-refractivity contribution in [2.24, 2.45) is 0 Å². The van der Waals surface area contributed by atoms with Crippen LogP contribution in [0.5, 0.6) is 0 Å².